The summed E-state index contributed by atoms with van der Waals surface area (Å²) < 4.78 is 38.7. The fourth-order valence-electron chi connectivity index (χ4n) is 3.41. The SMILES string of the molecule is COc1cccc(OC)c1CNC(=O)CN(Cc1ccccc1Cl)S(=O)(=O)c1ccc(C)cc1. The molecule has 0 heterocycles. The smallest absolute Gasteiger partial charge is 0.243 e. The molecule has 0 saturated carbocycles. The summed E-state index contributed by atoms with van der Waals surface area (Å²) in [4.78, 5) is 13.0. The maximum Gasteiger partial charge on any atom is 0.243 e. The first-order valence-corrected chi connectivity index (χ1v) is 12.3. The van der Waals surface area contributed by atoms with E-state index in [4.69, 9.17) is 21.1 Å². The molecule has 0 unspecified atom stereocenters. The van der Waals surface area contributed by atoms with Crippen LogP contribution in [0.3, 0.4) is 0 Å². The van der Waals surface area contributed by atoms with Crippen molar-refractivity contribution in [3.63, 3.8) is 0 Å². The molecule has 0 atom stereocenters. The number of sulfonamides is 1. The Morgan fingerprint density at radius 3 is 2.15 bits per heavy atom. The van der Waals surface area contributed by atoms with Crippen molar-refractivity contribution in [3.8, 4) is 11.5 Å². The Labute approximate surface area is 205 Å². The van der Waals surface area contributed by atoms with Crippen LogP contribution in [0.5, 0.6) is 11.5 Å². The second kappa shape index (κ2) is 11.4. The molecule has 180 valence electrons. The molecule has 0 aliphatic rings. The van der Waals surface area contributed by atoms with Gasteiger partial charge in [-0.2, -0.15) is 4.31 Å². The van der Waals surface area contributed by atoms with Crippen molar-refractivity contribution in [2.45, 2.75) is 24.9 Å². The molecule has 0 spiro atoms. The lowest BCUT2D eigenvalue weighted by Gasteiger charge is -2.23. The largest absolute Gasteiger partial charge is 0.496 e. The molecular formula is C25H27ClN2O5S. The molecule has 7 nitrogen and oxygen atoms in total. The van der Waals surface area contributed by atoms with Gasteiger partial charge in [0.25, 0.3) is 0 Å². The summed E-state index contributed by atoms with van der Waals surface area (Å²) in [6.45, 7) is 1.54. The van der Waals surface area contributed by atoms with Crippen molar-refractivity contribution in [1.82, 2.24) is 9.62 Å². The van der Waals surface area contributed by atoms with Gasteiger partial charge >= 0.3 is 0 Å². The molecule has 3 aromatic carbocycles. The van der Waals surface area contributed by atoms with Gasteiger partial charge in [-0.25, -0.2) is 8.42 Å². The molecule has 9 heteroatoms. The molecule has 0 aliphatic carbocycles. The first-order chi connectivity index (χ1) is 16.3. The molecule has 0 saturated heterocycles. The Hall–Kier alpha value is -3.07. The molecule has 0 aliphatic heterocycles. The van der Waals surface area contributed by atoms with Crippen LogP contribution in [0.25, 0.3) is 0 Å². The van der Waals surface area contributed by atoms with E-state index in [0.29, 0.717) is 27.6 Å². The summed E-state index contributed by atoms with van der Waals surface area (Å²) in [5.41, 5.74) is 2.18. The number of carbonyl (C=O) groups excluding carboxylic acids is 1. The van der Waals surface area contributed by atoms with E-state index in [1.165, 1.54) is 26.4 Å². The fourth-order valence-corrected chi connectivity index (χ4v) is 4.98. The summed E-state index contributed by atoms with van der Waals surface area (Å²) in [6.07, 6.45) is 0. The minimum absolute atomic E-state index is 0.0543. The fraction of sp³-hybridized carbons (Fsp3) is 0.240. The molecule has 3 rings (SSSR count). The molecule has 3 aromatic rings. The first kappa shape index (κ1) is 25.6. The summed E-state index contributed by atoms with van der Waals surface area (Å²) in [6, 6.07) is 18.7. The van der Waals surface area contributed by atoms with Gasteiger partial charge < -0.3 is 14.8 Å². The van der Waals surface area contributed by atoms with E-state index in [1.54, 1.807) is 54.6 Å². The summed E-state index contributed by atoms with van der Waals surface area (Å²) in [7, 11) is -0.917. The molecule has 34 heavy (non-hydrogen) atoms. The van der Waals surface area contributed by atoms with Crippen molar-refractivity contribution in [1.29, 1.82) is 0 Å². The van der Waals surface area contributed by atoms with E-state index in [9.17, 15) is 13.2 Å². The maximum absolute atomic E-state index is 13.4. The van der Waals surface area contributed by atoms with Crippen LogP contribution < -0.4 is 14.8 Å². The number of amides is 1. The third kappa shape index (κ3) is 6.08. The topological polar surface area (TPSA) is 84.9 Å². The van der Waals surface area contributed by atoms with Crippen LogP contribution in [0.2, 0.25) is 5.02 Å². The highest BCUT2D eigenvalue weighted by Gasteiger charge is 2.27. The highest BCUT2D eigenvalue weighted by atomic mass is 35.5. The number of methoxy groups -OCH3 is 2. The molecular weight excluding hydrogens is 476 g/mol. The Bertz CT molecular complexity index is 1220. The zero-order valence-corrected chi connectivity index (χ0v) is 20.8. The minimum Gasteiger partial charge on any atom is -0.496 e. The van der Waals surface area contributed by atoms with Crippen molar-refractivity contribution in [3.05, 3.63) is 88.4 Å². The van der Waals surface area contributed by atoms with Gasteiger partial charge in [0.05, 0.1) is 37.8 Å². The number of nitrogens with zero attached hydrogens (tertiary/aromatic N) is 1. The number of nitrogens with one attached hydrogen (secondary N) is 1. The molecule has 1 amide bonds. The van der Waals surface area contributed by atoms with Gasteiger partial charge in [0.1, 0.15) is 11.5 Å². The monoisotopic (exact) mass is 502 g/mol. The number of rotatable bonds is 10. The number of benzene rings is 3. The number of carbonyl (C=O) groups is 1. The van der Waals surface area contributed by atoms with Gasteiger partial charge in [0.2, 0.25) is 15.9 Å². The Morgan fingerprint density at radius 1 is 0.941 bits per heavy atom. The minimum atomic E-state index is -3.97. The summed E-state index contributed by atoms with van der Waals surface area (Å²) >= 11 is 6.28. The van der Waals surface area contributed by atoms with Crippen molar-refractivity contribution < 1.29 is 22.7 Å². The maximum atomic E-state index is 13.4. The van der Waals surface area contributed by atoms with Gasteiger partial charge in [0, 0.05) is 11.6 Å². The van der Waals surface area contributed by atoms with Crippen LogP contribution in [0.1, 0.15) is 16.7 Å². The van der Waals surface area contributed by atoms with Crippen LogP contribution in [0, 0.1) is 6.92 Å². The van der Waals surface area contributed by atoms with Gasteiger partial charge in [0.15, 0.2) is 0 Å². The quantitative estimate of drug-likeness (QED) is 0.449. The van der Waals surface area contributed by atoms with E-state index < -0.39 is 15.9 Å². The van der Waals surface area contributed by atoms with Crippen LogP contribution in [-0.2, 0) is 27.9 Å². The van der Waals surface area contributed by atoms with Crippen LogP contribution in [0.15, 0.2) is 71.6 Å². The second-order valence-electron chi connectivity index (χ2n) is 7.60. The predicted molar refractivity (Wildman–Crippen MR) is 132 cm³/mol. The lowest BCUT2D eigenvalue weighted by atomic mass is 10.1. The standard InChI is InChI=1S/C25H27ClN2O5S/c1-18-11-13-20(14-12-18)34(30,31)28(16-19-7-4-5-8-22(19)26)17-25(29)27-15-21-23(32-2)9-6-10-24(21)33-3/h4-14H,15-17H2,1-3H3,(H,27,29). The number of hydrogen-bond donors (Lipinski definition) is 1. The number of ether oxygens (including phenoxy) is 2. The number of halogens is 1. The van der Waals surface area contributed by atoms with Gasteiger partial charge in [-0.15, -0.1) is 0 Å². The molecule has 0 fully saturated rings. The van der Waals surface area contributed by atoms with Gasteiger partial charge in [-0.1, -0.05) is 53.6 Å². The molecule has 1 N–H and O–H groups in total. The Morgan fingerprint density at radius 2 is 1.56 bits per heavy atom. The average Bonchev–Trinajstić information content (AvgIpc) is 2.83. The highest BCUT2D eigenvalue weighted by molar-refractivity contribution is 7.89. The van der Waals surface area contributed by atoms with E-state index in [2.05, 4.69) is 5.32 Å². The zero-order chi connectivity index (χ0) is 24.7. The third-order valence-corrected chi connectivity index (χ3v) is 7.45. The van der Waals surface area contributed by atoms with Crippen LogP contribution in [-0.4, -0.2) is 39.4 Å². The highest BCUT2D eigenvalue weighted by Crippen LogP contribution is 2.28. The van der Waals surface area contributed by atoms with Crippen molar-refractivity contribution >= 4 is 27.5 Å². The van der Waals surface area contributed by atoms with E-state index in [0.717, 1.165) is 9.87 Å². The normalized spacial score (nSPS) is 11.3. The van der Waals surface area contributed by atoms with E-state index in [1.807, 2.05) is 6.92 Å². The zero-order valence-electron chi connectivity index (χ0n) is 19.2. The van der Waals surface area contributed by atoms with Crippen molar-refractivity contribution in [2.75, 3.05) is 20.8 Å². The first-order valence-electron chi connectivity index (χ1n) is 10.5. The lowest BCUT2D eigenvalue weighted by Crippen LogP contribution is -2.40. The van der Waals surface area contributed by atoms with Gasteiger partial charge in [-0.3, -0.25) is 4.79 Å². The average molecular weight is 503 g/mol. The van der Waals surface area contributed by atoms with Crippen LogP contribution >= 0.6 is 11.6 Å². The number of aryl methyl sites for hydroxylation is 1. The lowest BCUT2D eigenvalue weighted by molar-refractivity contribution is -0.121. The van der Waals surface area contributed by atoms with Crippen molar-refractivity contribution in [2.24, 2.45) is 0 Å². The van der Waals surface area contributed by atoms with E-state index >= 15 is 0 Å². The Kier molecular flexibility index (Phi) is 8.55. The van der Waals surface area contributed by atoms with Gasteiger partial charge in [-0.05, 0) is 42.8 Å². The molecule has 0 aromatic heterocycles. The predicted octanol–water partition coefficient (Wildman–Crippen LogP) is 4.17. The second-order valence-corrected chi connectivity index (χ2v) is 9.94. The van der Waals surface area contributed by atoms with Crippen LogP contribution in [0.4, 0.5) is 0 Å². The number of hydrogen-bond acceptors (Lipinski definition) is 5. The molecule has 0 radical (unpaired) electrons. The Balaban J connectivity index is 1.85. The van der Waals surface area contributed by atoms with E-state index in [-0.39, 0.29) is 24.5 Å². The summed E-state index contributed by atoms with van der Waals surface area (Å²) in [5, 5.41) is 3.20. The third-order valence-electron chi connectivity index (χ3n) is 5.28. The summed E-state index contributed by atoms with van der Waals surface area (Å²) in [5.74, 6) is 0.635. The molecule has 0 bridgehead atoms.